The summed E-state index contributed by atoms with van der Waals surface area (Å²) in [5, 5.41) is 5.27. The Morgan fingerprint density at radius 2 is 1.71 bits per heavy atom. The van der Waals surface area contributed by atoms with Crippen molar-refractivity contribution in [1.82, 2.24) is 19.7 Å². The summed E-state index contributed by atoms with van der Waals surface area (Å²) in [5.74, 6) is -0.220. The Kier molecular flexibility index (Phi) is 7.09. The molecule has 2 heterocycles. The number of carbonyl (C=O) groups is 2. The molecule has 3 aromatic rings. The van der Waals surface area contributed by atoms with Gasteiger partial charge in [-0.15, -0.1) is 4.41 Å². The van der Waals surface area contributed by atoms with Gasteiger partial charge >= 0.3 is 6.03 Å². The SMILES string of the molecule is NC(=O)N(N1CCCCC1)S(=O)(=O)c1ccc(CCNC(=O)c2cccc3cccnc23)cc1. The Bertz CT molecular complexity index is 1280. The van der Waals surface area contributed by atoms with E-state index in [1.807, 2.05) is 24.3 Å². The van der Waals surface area contributed by atoms with Crippen molar-refractivity contribution in [3.8, 4) is 0 Å². The number of sulfonamides is 1. The van der Waals surface area contributed by atoms with Gasteiger partial charge in [0, 0.05) is 31.2 Å². The number of rotatable bonds is 7. The van der Waals surface area contributed by atoms with Gasteiger partial charge in [-0.1, -0.05) is 36.8 Å². The van der Waals surface area contributed by atoms with Crippen molar-refractivity contribution >= 4 is 32.9 Å². The Labute approximate surface area is 198 Å². The molecule has 0 aliphatic carbocycles. The molecule has 34 heavy (non-hydrogen) atoms. The highest BCUT2D eigenvalue weighted by Gasteiger charge is 2.34. The van der Waals surface area contributed by atoms with E-state index in [1.165, 1.54) is 17.1 Å². The first-order valence-electron chi connectivity index (χ1n) is 11.2. The molecule has 0 saturated carbocycles. The van der Waals surface area contributed by atoms with Gasteiger partial charge in [0.25, 0.3) is 15.9 Å². The number of para-hydroxylation sites is 1. The number of nitrogens with zero attached hydrogens (tertiary/aromatic N) is 3. The van der Waals surface area contributed by atoms with Crippen molar-refractivity contribution in [3.63, 3.8) is 0 Å². The summed E-state index contributed by atoms with van der Waals surface area (Å²) in [5.41, 5.74) is 7.41. The van der Waals surface area contributed by atoms with Crippen molar-refractivity contribution in [2.75, 3.05) is 19.6 Å². The van der Waals surface area contributed by atoms with Crippen LogP contribution in [0.5, 0.6) is 0 Å². The number of pyridine rings is 1. The number of carbonyl (C=O) groups excluding carboxylic acids is 2. The molecule has 3 amide bonds. The number of nitrogens with two attached hydrogens (primary N) is 1. The van der Waals surface area contributed by atoms with Crippen LogP contribution < -0.4 is 11.1 Å². The standard InChI is InChI=1S/C24H27N5O4S/c25-24(31)29(28-16-2-1-3-17-28)34(32,33)20-11-9-18(10-12-20)13-15-27-23(30)21-8-4-6-19-7-5-14-26-22(19)21/h4-12,14H,1-3,13,15-17H2,(H2,25,31)(H,27,30). The van der Waals surface area contributed by atoms with Crippen LogP contribution in [-0.2, 0) is 16.4 Å². The molecular weight excluding hydrogens is 454 g/mol. The molecule has 9 nitrogen and oxygen atoms in total. The number of urea groups is 1. The van der Waals surface area contributed by atoms with Crippen LogP contribution in [0.1, 0.15) is 35.2 Å². The van der Waals surface area contributed by atoms with Gasteiger partial charge in [-0.2, -0.15) is 8.42 Å². The summed E-state index contributed by atoms with van der Waals surface area (Å²) >= 11 is 0. The van der Waals surface area contributed by atoms with Crippen LogP contribution in [0.3, 0.4) is 0 Å². The molecule has 1 fully saturated rings. The second kappa shape index (κ2) is 10.2. The second-order valence-electron chi connectivity index (χ2n) is 8.13. The lowest BCUT2D eigenvalue weighted by Crippen LogP contribution is -2.53. The fourth-order valence-electron chi connectivity index (χ4n) is 4.10. The third-order valence-corrected chi connectivity index (χ3v) is 7.54. The Hall–Kier alpha value is -3.50. The smallest absolute Gasteiger partial charge is 0.343 e. The van der Waals surface area contributed by atoms with Crippen LogP contribution >= 0.6 is 0 Å². The molecule has 10 heteroatoms. The summed E-state index contributed by atoms with van der Waals surface area (Å²) in [6.07, 6.45) is 4.76. The first-order chi connectivity index (χ1) is 16.4. The van der Waals surface area contributed by atoms with E-state index in [9.17, 15) is 18.0 Å². The highest BCUT2D eigenvalue weighted by atomic mass is 32.2. The number of hydrogen-bond acceptors (Lipinski definition) is 6. The van der Waals surface area contributed by atoms with E-state index in [2.05, 4.69) is 10.3 Å². The molecule has 4 rings (SSSR count). The van der Waals surface area contributed by atoms with Crippen LogP contribution in [0.15, 0.2) is 65.7 Å². The van der Waals surface area contributed by atoms with E-state index in [0.717, 1.165) is 30.2 Å². The predicted molar refractivity (Wildman–Crippen MR) is 128 cm³/mol. The summed E-state index contributed by atoms with van der Waals surface area (Å²) in [6, 6.07) is 14.4. The lowest BCUT2D eigenvalue weighted by molar-refractivity contribution is 0.0691. The largest absolute Gasteiger partial charge is 0.352 e. The molecule has 0 atom stereocenters. The zero-order valence-electron chi connectivity index (χ0n) is 18.7. The summed E-state index contributed by atoms with van der Waals surface area (Å²) in [4.78, 5) is 28.9. The summed E-state index contributed by atoms with van der Waals surface area (Å²) < 4.78 is 26.8. The molecule has 1 aliphatic rings. The monoisotopic (exact) mass is 481 g/mol. The topological polar surface area (TPSA) is 126 Å². The van der Waals surface area contributed by atoms with E-state index in [-0.39, 0.29) is 10.8 Å². The molecule has 1 aromatic heterocycles. The molecule has 1 aliphatic heterocycles. The zero-order chi connectivity index (χ0) is 24.1. The molecule has 0 unspecified atom stereocenters. The molecule has 1 saturated heterocycles. The average molecular weight is 482 g/mol. The number of hydrogen-bond donors (Lipinski definition) is 2. The quantitative estimate of drug-likeness (QED) is 0.534. The maximum atomic E-state index is 13.1. The molecule has 3 N–H and O–H groups in total. The minimum atomic E-state index is -4.10. The molecule has 0 bridgehead atoms. The lowest BCUT2D eigenvalue weighted by Gasteiger charge is -2.34. The van der Waals surface area contributed by atoms with Gasteiger partial charge in [-0.3, -0.25) is 9.78 Å². The molecule has 178 valence electrons. The van der Waals surface area contributed by atoms with Gasteiger partial charge in [0.05, 0.1) is 16.0 Å². The number of hydrazine groups is 1. The maximum Gasteiger partial charge on any atom is 0.343 e. The normalized spacial score (nSPS) is 14.6. The minimum absolute atomic E-state index is 0.00788. The van der Waals surface area contributed by atoms with Crippen molar-refractivity contribution in [3.05, 3.63) is 71.9 Å². The van der Waals surface area contributed by atoms with Gasteiger partial charge < -0.3 is 11.1 Å². The van der Waals surface area contributed by atoms with E-state index < -0.39 is 16.1 Å². The molecule has 0 spiro atoms. The Balaban J connectivity index is 1.40. The van der Waals surface area contributed by atoms with Crippen LogP contribution in [-0.4, -0.2) is 54.4 Å². The zero-order valence-corrected chi connectivity index (χ0v) is 19.5. The van der Waals surface area contributed by atoms with E-state index in [0.29, 0.717) is 41.5 Å². The van der Waals surface area contributed by atoms with Gasteiger partial charge in [-0.05, 0) is 49.1 Å². The number of fused-ring (bicyclic) bond motifs is 1. The highest BCUT2D eigenvalue weighted by Crippen LogP contribution is 2.22. The van der Waals surface area contributed by atoms with Gasteiger partial charge in [-0.25, -0.2) is 9.80 Å². The van der Waals surface area contributed by atoms with Crippen LogP contribution in [0.4, 0.5) is 4.79 Å². The number of primary amides is 1. The number of piperidine rings is 1. The van der Waals surface area contributed by atoms with E-state index in [4.69, 9.17) is 5.73 Å². The fourth-order valence-corrected chi connectivity index (χ4v) is 5.48. The Morgan fingerprint density at radius 1 is 1.00 bits per heavy atom. The third-order valence-electron chi connectivity index (χ3n) is 5.80. The van der Waals surface area contributed by atoms with Crippen molar-refractivity contribution in [2.45, 2.75) is 30.6 Å². The minimum Gasteiger partial charge on any atom is -0.352 e. The van der Waals surface area contributed by atoms with Crippen LogP contribution in [0, 0.1) is 0 Å². The van der Waals surface area contributed by atoms with Gasteiger partial charge in [0.1, 0.15) is 0 Å². The van der Waals surface area contributed by atoms with E-state index >= 15 is 0 Å². The second-order valence-corrected chi connectivity index (χ2v) is 9.90. The molecular formula is C24H27N5O4S. The Morgan fingerprint density at radius 3 is 2.41 bits per heavy atom. The van der Waals surface area contributed by atoms with Crippen molar-refractivity contribution in [2.24, 2.45) is 5.73 Å². The summed E-state index contributed by atoms with van der Waals surface area (Å²) in [7, 11) is -4.10. The number of aromatic nitrogens is 1. The number of benzene rings is 2. The molecule has 0 radical (unpaired) electrons. The van der Waals surface area contributed by atoms with Gasteiger partial charge in [0.2, 0.25) is 0 Å². The van der Waals surface area contributed by atoms with Crippen LogP contribution in [0.25, 0.3) is 10.9 Å². The van der Waals surface area contributed by atoms with Crippen molar-refractivity contribution in [1.29, 1.82) is 0 Å². The first-order valence-corrected chi connectivity index (χ1v) is 12.6. The predicted octanol–water partition coefficient (Wildman–Crippen LogP) is 2.68. The first kappa shape index (κ1) is 23.7. The molecule has 2 aromatic carbocycles. The highest BCUT2D eigenvalue weighted by molar-refractivity contribution is 7.89. The third kappa shape index (κ3) is 5.02. The summed E-state index contributed by atoms with van der Waals surface area (Å²) in [6.45, 7) is 1.30. The van der Waals surface area contributed by atoms with E-state index in [1.54, 1.807) is 24.4 Å². The fraction of sp³-hybridized carbons (Fsp3) is 0.292. The number of amides is 3. The maximum absolute atomic E-state index is 13.1. The lowest BCUT2D eigenvalue weighted by atomic mass is 10.1. The van der Waals surface area contributed by atoms with Crippen molar-refractivity contribution < 1.29 is 18.0 Å². The average Bonchev–Trinajstić information content (AvgIpc) is 2.84. The van der Waals surface area contributed by atoms with Gasteiger partial charge in [0.15, 0.2) is 0 Å². The van der Waals surface area contributed by atoms with Crippen LogP contribution in [0.2, 0.25) is 0 Å². The number of nitrogens with one attached hydrogen (secondary N) is 1.